The Labute approximate surface area is 166 Å². The highest BCUT2D eigenvalue weighted by Crippen LogP contribution is 2.42. The minimum atomic E-state index is -3.53. The molecule has 2 aliphatic rings. The third-order valence-corrected chi connectivity index (χ3v) is 7.98. The Hall–Kier alpha value is -2.18. The van der Waals surface area contributed by atoms with Crippen LogP contribution in [0.5, 0.6) is 5.75 Å². The quantitative estimate of drug-likeness (QED) is 0.771. The van der Waals surface area contributed by atoms with E-state index in [1.165, 1.54) is 4.31 Å². The first-order valence-corrected chi connectivity index (χ1v) is 11.1. The molecule has 1 spiro atoms. The van der Waals surface area contributed by atoms with E-state index in [4.69, 9.17) is 4.74 Å². The maximum atomic E-state index is 12.9. The summed E-state index contributed by atoms with van der Waals surface area (Å²) < 4.78 is 33.8. The predicted molar refractivity (Wildman–Crippen MR) is 107 cm³/mol. The van der Waals surface area contributed by atoms with E-state index in [1.807, 2.05) is 45.0 Å². The van der Waals surface area contributed by atoms with E-state index in [1.54, 1.807) is 12.1 Å². The number of carbonyl (C=O) groups is 1. The van der Waals surface area contributed by atoms with Gasteiger partial charge < -0.3 is 4.74 Å². The van der Waals surface area contributed by atoms with Crippen molar-refractivity contribution in [3.8, 4) is 5.75 Å². The van der Waals surface area contributed by atoms with Gasteiger partial charge in [-0.15, -0.1) is 0 Å². The molecule has 0 bridgehead atoms. The topological polar surface area (TPSA) is 63.7 Å². The van der Waals surface area contributed by atoms with E-state index in [9.17, 15) is 13.2 Å². The lowest BCUT2D eigenvalue weighted by Crippen LogP contribution is -2.52. The number of piperidine rings is 1. The van der Waals surface area contributed by atoms with Crippen LogP contribution in [0.2, 0.25) is 0 Å². The summed E-state index contributed by atoms with van der Waals surface area (Å²) in [5.41, 5.74) is 3.13. The van der Waals surface area contributed by atoms with Gasteiger partial charge in [0.05, 0.1) is 16.9 Å². The number of ketones is 1. The van der Waals surface area contributed by atoms with Gasteiger partial charge in [0.15, 0.2) is 5.78 Å². The number of fused-ring (bicyclic) bond motifs is 1. The van der Waals surface area contributed by atoms with Crippen LogP contribution in [0.4, 0.5) is 0 Å². The number of carbonyl (C=O) groups excluding carboxylic acids is 1. The number of aryl methyl sites for hydroxylation is 2. The van der Waals surface area contributed by atoms with Crippen molar-refractivity contribution in [2.24, 2.45) is 0 Å². The van der Waals surface area contributed by atoms with Crippen molar-refractivity contribution in [3.05, 3.63) is 58.7 Å². The SMILES string of the molecule is Cc1ccc(S(=O)(=O)N2CCC3(CC2)CC(=O)c2ccc(C)c(C)c2O3)cc1. The van der Waals surface area contributed by atoms with Gasteiger partial charge in [-0.1, -0.05) is 23.8 Å². The maximum absolute atomic E-state index is 12.9. The fourth-order valence-corrected chi connectivity index (χ4v) is 5.50. The number of rotatable bonds is 2. The van der Waals surface area contributed by atoms with Crippen molar-refractivity contribution in [1.82, 2.24) is 4.31 Å². The largest absolute Gasteiger partial charge is 0.486 e. The molecule has 0 radical (unpaired) electrons. The normalized spacial score (nSPS) is 19.3. The Morgan fingerprint density at radius 2 is 1.61 bits per heavy atom. The van der Waals surface area contributed by atoms with Crippen LogP contribution in [0.25, 0.3) is 0 Å². The smallest absolute Gasteiger partial charge is 0.243 e. The molecular weight excluding hydrogens is 374 g/mol. The van der Waals surface area contributed by atoms with Gasteiger partial charge in [-0.2, -0.15) is 4.31 Å². The third-order valence-electron chi connectivity index (χ3n) is 6.07. The fourth-order valence-electron chi connectivity index (χ4n) is 4.05. The standard InChI is InChI=1S/C22H25NO4S/c1-15-4-7-18(8-5-15)28(25,26)23-12-10-22(11-13-23)14-20(24)19-9-6-16(2)17(3)21(19)27-22/h4-9H,10-14H2,1-3H3. The van der Waals surface area contributed by atoms with Crippen LogP contribution in [0.15, 0.2) is 41.3 Å². The molecule has 148 valence electrons. The second-order valence-electron chi connectivity index (χ2n) is 7.99. The summed E-state index contributed by atoms with van der Waals surface area (Å²) in [4.78, 5) is 13.1. The molecule has 0 N–H and O–H groups in total. The van der Waals surface area contributed by atoms with Gasteiger partial charge >= 0.3 is 0 Å². The maximum Gasteiger partial charge on any atom is 0.243 e. The van der Waals surface area contributed by atoms with Crippen LogP contribution in [0.3, 0.4) is 0 Å². The second-order valence-corrected chi connectivity index (χ2v) is 9.92. The van der Waals surface area contributed by atoms with Gasteiger partial charge in [-0.3, -0.25) is 4.79 Å². The lowest BCUT2D eigenvalue weighted by atomic mass is 9.82. The average molecular weight is 400 g/mol. The Kier molecular flexibility index (Phi) is 4.59. The molecule has 28 heavy (non-hydrogen) atoms. The molecule has 0 saturated carbocycles. The summed E-state index contributed by atoms with van der Waals surface area (Å²) in [6, 6.07) is 10.7. The summed E-state index contributed by atoms with van der Waals surface area (Å²) in [6.07, 6.45) is 1.33. The van der Waals surface area contributed by atoms with E-state index in [0.717, 1.165) is 16.7 Å². The molecule has 2 aromatic rings. The van der Waals surface area contributed by atoms with E-state index < -0.39 is 15.6 Å². The molecule has 2 aromatic carbocycles. The van der Waals surface area contributed by atoms with Crippen LogP contribution in [-0.4, -0.2) is 37.2 Å². The van der Waals surface area contributed by atoms with E-state index >= 15 is 0 Å². The van der Waals surface area contributed by atoms with Gasteiger partial charge in [0.2, 0.25) is 10.0 Å². The monoisotopic (exact) mass is 399 g/mol. The highest BCUT2D eigenvalue weighted by atomic mass is 32.2. The minimum Gasteiger partial charge on any atom is -0.486 e. The molecule has 1 saturated heterocycles. The molecule has 0 amide bonds. The number of Topliss-reactive ketones (excluding diaryl/α,β-unsaturated/α-hetero) is 1. The Bertz CT molecular complexity index is 1030. The van der Waals surface area contributed by atoms with Crippen LogP contribution >= 0.6 is 0 Å². The van der Waals surface area contributed by atoms with E-state index in [-0.39, 0.29) is 5.78 Å². The molecule has 0 aromatic heterocycles. The minimum absolute atomic E-state index is 0.0826. The van der Waals surface area contributed by atoms with E-state index in [0.29, 0.717) is 48.6 Å². The number of hydrogen-bond acceptors (Lipinski definition) is 4. The van der Waals surface area contributed by atoms with Crippen LogP contribution < -0.4 is 4.74 Å². The lowest BCUT2D eigenvalue weighted by molar-refractivity contribution is 0.00532. The highest BCUT2D eigenvalue weighted by molar-refractivity contribution is 7.89. The first-order valence-electron chi connectivity index (χ1n) is 9.61. The highest BCUT2D eigenvalue weighted by Gasteiger charge is 2.45. The molecule has 2 aliphatic heterocycles. The Balaban J connectivity index is 1.56. The summed E-state index contributed by atoms with van der Waals surface area (Å²) in [5, 5.41) is 0. The van der Waals surface area contributed by atoms with Crippen LogP contribution in [0.1, 0.15) is 46.3 Å². The first-order chi connectivity index (χ1) is 13.2. The van der Waals surface area contributed by atoms with Crippen molar-refractivity contribution >= 4 is 15.8 Å². The first kappa shape index (κ1) is 19.2. The zero-order valence-corrected chi connectivity index (χ0v) is 17.3. The molecule has 2 heterocycles. The van der Waals surface area contributed by atoms with Crippen molar-refractivity contribution in [3.63, 3.8) is 0 Å². The average Bonchev–Trinajstić information content (AvgIpc) is 2.66. The summed E-state index contributed by atoms with van der Waals surface area (Å²) in [7, 11) is -3.53. The van der Waals surface area contributed by atoms with Gasteiger partial charge in [0, 0.05) is 25.9 Å². The molecular formula is C22H25NO4S. The van der Waals surface area contributed by atoms with E-state index in [2.05, 4.69) is 0 Å². The molecule has 0 atom stereocenters. The molecule has 0 unspecified atom stereocenters. The van der Waals surface area contributed by atoms with Crippen molar-refractivity contribution in [2.45, 2.75) is 50.5 Å². The molecule has 0 aliphatic carbocycles. The third kappa shape index (κ3) is 3.14. The summed E-state index contributed by atoms with van der Waals surface area (Å²) >= 11 is 0. The van der Waals surface area contributed by atoms with Crippen LogP contribution in [0, 0.1) is 20.8 Å². The molecule has 5 nitrogen and oxygen atoms in total. The predicted octanol–water partition coefficient (Wildman–Crippen LogP) is 3.80. The lowest BCUT2D eigenvalue weighted by Gasteiger charge is -2.44. The van der Waals surface area contributed by atoms with Crippen molar-refractivity contribution in [2.75, 3.05) is 13.1 Å². The van der Waals surface area contributed by atoms with Gasteiger partial charge in [0.25, 0.3) is 0 Å². The molecule has 6 heteroatoms. The zero-order valence-electron chi connectivity index (χ0n) is 16.5. The summed E-state index contributed by atoms with van der Waals surface area (Å²) in [6.45, 7) is 6.60. The van der Waals surface area contributed by atoms with Crippen molar-refractivity contribution < 1.29 is 17.9 Å². The number of nitrogens with zero attached hydrogens (tertiary/aromatic N) is 1. The number of sulfonamides is 1. The Morgan fingerprint density at radius 3 is 2.25 bits per heavy atom. The second kappa shape index (κ2) is 6.71. The van der Waals surface area contributed by atoms with Gasteiger partial charge in [0.1, 0.15) is 11.4 Å². The number of ether oxygens (including phenoxy) is 1. The van der Waals surface area contributed by atoms with Gasteiger partial charge in [-0.25, -0.2) is 8.42 Å². The van der Waals surface area contributed by atoms with Crippen LogP contribution in [-0.2, 0) is 10.0 Å². The summed E-state index contributed by atoms with van der Waals surface area (Å²) in [5.74, 6) is 0.755. The molecule has 1 fully saturated rings. The molecule has 4 rings (SSSR count). The van der Waals surface area contributed by atoms with Crippen molar-refractivity contribution in [1.29, 1.82) is 0 Å². The number of benzene rings is 2. The number of hydrogen-bond donors (Lipinski definition) is 0. The fraction of sp³-hybridized carbons (Fsp3) is 0.409. The zero-order chi connectivity index (χ0) is 20.1. The van der Waals surface area contributed by atoms with Gasteiger partial charge in [-0.05, 0) is 50.1 Å². The Morgan fingerprint density at radius 1 is 0.964 bits per heavy atom.